The summed E-state index contributed by atoms with van der Waals surface area (Å²) in [5, 5.41) is 21.3. The van der Waals surface area contributed by atoms with Gasteiger partial charge in [0, 0.05) is 19.2 Å². The van der Waals surface area contributed by atoms with Gasteiger partial charge in [0.15, 0.2) is 0 Å². The van der Waals surface area contributed by atoms with Crippen molar-refractivity contribution < 1.29 is 19.8 Å². The van der Waals surface area contributed by atoms with Crippen molar-refractivity contribution in [2.45, 2.75) is 18.8 Å². The highest BCUT2D eigenvalue weighted by Gasteiger charge is 2.20. The van der Waals surface area contributed by atoms with E-state index in [4.69, 9.17) is 10.2 Å². The van der Waals surface area contributed by atoms with E-state index in [9.17, 15) is 9.59 Å². The molecule has 0 aliphatic carbocycles. The molecule has 0 amide bonds. The monoisotopic (exact) mass is 212 g/mol. The van der Waals surface area contributed by atoms with Crippen LogP contribution < -0.4 is 0 Å². The van der Waals surface area contributed by atoms with Gasteiger partial charge in [0.1, 0.15) is 0 Å². The summed E-state index contributed by atoms with van der Waals surface area (Å²) in [6.07, 6.45) is 1.22. The van der Waals surface area contributed by atoms with Crippen LogP contribution in [0.15, 0.2) is 12.3 Å². The molecule has 0 aliphatic heterocycles. The molecule has 1 heterocycles. The molecule has 1 aromatic heterocycles. The standard InChI is InChI=1S/C9H12N2O4/c1-11-3-2-7(10-11)6(4-8(12)13)5-9(14)15/h2-3,6H,4-5H2,1H3,(H,12,13)(H,14,15). The Morgan fingerprint density at radius 2 is 1.93 bits per heavy atom. The Morgan fingerprint density at radius 1 is 1.40 bits per heavy atom. The molecule has 1 aromatic rings. The molecule has 0 radical (unpaired) electrons. The molecule has 0 saturated heterocycles. The fraction of sp³-hybridized carbons (Fsp3) is 0.444. The molecule has 0 spiro atoms. The molecule has 15 heavy (non-hydrogen) atoms. The first-order chi connectivity index (χ1) is 6.99. The number of aryl methyl sites for hydroxylation is 1. The second-order valence-corrected chi connectivity index (χ2v) is 3.31. The fourth-order valence-electron chi connectivity index (χ4n) is 1.35. The maximum atomic E-state index is 10.5. The fourth-order valence-corrected chi connectivity index (χ4v) is 1.35. The average Bonchev–Trinajstić information content (AvgIpc) is 2.48. The van der Waals surface area contributed by atoms with E-state index in [0.717, 1.165) is 0 Å². The van der Waals surface area contributed by atoms with E-state index in [0.29, 0.717) is 5.69 Å². The quantitative estimate of drug-likeness (QED) is 0.739. The largest absolute Gasteiger partial charge is 0.481 e. The van der Waals surface area contributed by atoms with Gasteiger partial charge in [-0.1, -0.05) is 0 Å². The van der Waals surface area contributed by atoms with Crippen molar-refractivity contribution >= 4 is 11.9 Å². The van der Waals surface area contributed by atoms with Crippen LogP contribution >= 0.6 is 0 Å². The van der Waals surface area contributed by atoms with Crippen LogP contribution in [0.4, 0.5) is 0 Å². The first kappa shape index (κ1) is 11.2. The van der Waals surface area contributed by atoms with Crippen molar-refractivity contribution in [1.82, 2.24) is 9.78 Å². The van der Waals surface area contributed by atoms with E-state index >= 15 is 0 Å². The maximum absolute atomic E-state index is 10.5. The van der Waals surface area contributed by atoms with Crippen LogP contribution in [0.3, 0.4) is 0 Å². The summed E-state index contributed by atoms with van der Waals surface area (Å²) in [4.78, 5) is 21.1. The zero-order valence-electron chi connectivity index (χ0n) is 8.25. The summed E-state index contributed by atoms with van der Waals surface area (Å²) in [6.45, 7) is 0. The van der Waals surface area contributed by atoms with Crippen molar-refractivity contribution in [1.29, 1.82) is 0 Å². The first-order valence-corrected chi connectivity index (χ1v) is 4.42. The molecule has 1 rings (SSSR count). The summed E-state index contributed by atoms with van der Waals surface area (Å²) in [5.41, 5.74) is 0.502. The lowest BCUT2D eigenvalue weighted by atomic mass is 9.98. The van der Waals surface area contributed by atoms with Gasteiger partial charge in [-0.3, -0.25) is 14.3 Å². The molecule has 6 nitrogen and oxygen atoms in total. The number of nitrogens with zero attached hydrogens (tertiary/aromatic N) is 2. The van der Waals surface area contributed by atoms with Crippen molar-refractivity contribution in [3.8, 4) is 0 Å². The van der Waals surface area contributed by atoms with Crippen molar-refractivity contribution in [2.75, 3.05) is 0 Å². The van der Waals surface area contributed by atoms with Crippen LogP contribution in [0.25, 0.3) is 0 Å². The zero-order chi connectivity index (χ0) is 11.4. The second-order valence-electron chi connectivity index (χ2n) is 3.31. The van der Waals surface area contributed by atoms with Crippen molar-refractivity contribution in [2.24, 2.45) is 7.05 Å². The Hall–Kier alpha value is -1.85. The second kappa shape index (κ2) is 4.59. The molecule has 0 atom stereocenters. The minimum Gasteiger partial charge on any atom is -0.481 e. The van der Waals surface area contributed by atoms with Gasteiger partial charge in [0.05, 0.1) is 18.5 Å². The molecule has 6 heteroatoms. The van der Waals surface area contributed by atoms with Gasteiger partial charge in [-0.2, -0.15) is 5.10 Å². The smallest absolute Gasteiger partial charge is 0.304 e. The van der Waals surface area contributed by atoms with Gasteiger partial charge >= 0.3 is 11.9 Å². The van der Waals surface area contributed by atoms with Crippen molar-refractivity contribution in [3.05, 3.63) is 18.0 Å². The summed E-state index contributed by atoms with van der Waals surface area (Å²) in [6, 6.07) is 1.64. The van der Waals surface area contributed by atoms with Crippen LogP contribution in [-0.2, 0) is 16.6 Å². The molecule has 82 valence electrons. The Morgan fingerprint density at radius 3 is 2.27 bits per heavy atom. The molecular formula is C9H12N2O4. The van der Waals surface area contributed by atoms with E-state index in [1.165, 1.54) is 4.68 Å². The number of aliphatic carboxylic acids is 2. The van der Waals surface area contributed by atoms with Crippen LogP contribution in [0.1, 0.15) is 24.5 Å². The number of carbonyl (C=O) groups is 2. The highest BCUT2D eigenvalue weighted by atomic mass is 16.4. The Balaban J connectivity index is 2.80. The predicted molar refractivity (Wildman–Crippen MR) is 50.5 cm³/mol. The van der Waals surface area contributed by atoms with E-state index in [1.54, 1.807) is 19.3 Å². The molecule has 0 aromatic carbocycles. The number of carboxylic acids is 2. The predicted octanol–water partition coefficient (Wildman–Crippen LogP) is 0.453. The SMILES string of the molecule is Cn1ccc(C(CC(=O)O)CC(=O)O)n1. The average molecular weight is 212 g/mol. The molecule has 0 fully saturated rings. The summed E-state index contributed by atoms with van der Waals surface area (Å²) >= 11 is 0. The lowest BCUT2D eigenvalue weighted by Crippen LogP contribution is -2.12. The molecule has 0 saturated carbocycles. The number of aromatic nitrogens is 2. The van der Waals surface area contributed by atoms with Crippen molar-refractivity contribution in [3.63, 3.8) is 0 Å². The van der Waals surface area contributed by atoms with Gasteiger partial charge < -0.3 is 10.2 Å². The molecule has 2 N–H and O–H groups in total. The van der Waals surface area contributed by atoms with Gasteiger partial charge in [-0.25, -0.2) is 0 Å². The van der Waals surface area contributed by atoms with Crippen LogP contribution in [0.5, 0.6) is 0 Å². The summed E-state index contributed by atoms with van der Waals surface area (Å²) in [7, 11) is 1.70. The highest BCUT2D eigenvalue weighted by Crippen LogP contribution is 2.21. The van der Waals surface area contributed by atoms with E-state index in [2.05, 4.69) is 5.10 Å². The molecule has 0 unspecified atom stereocenters. The minimum absolute atomic E-state index is 0.219. The lowest BCUT2D eigenvalue weighted by Gasteiger charge is -2.08. The molecule has 0 aliphatic rings. The third-order valence-electron chi connectivity index (χ3n) is 1.99. The highest BCUT2D eigenvalue weighted by molar-refractivity contribution is 5.72. The number of hydrogen-bond donors (Lipinski definition) is 2. The first-order valence-electron chi connectivity index (χ1n) is 4.42. The van der Waals surface area contributed by atoms with Gasteiger partial charge in [-0.05, 0) is 6.07 Å². The van der Waals surface area contributed by atoms with Gasteiger partial charge in [0.2, 0.25) is 0 Å². The molecular weight excluding hydrogens is 200 g/mol. The Labute approximate surface area is 86.1 Å². The van der Waals surface area contributed by atoms with E-state index in [-0.39, 0.29) is 12.8 Å². The van der Waals surface area contributed by atoms with Gasteiger partial charge in [-0.15, -0.1) is 0 Å². The number of hydrogen-bond acceptors (Lipinski definition) is 3. The number of rotatable bonds is 5. The third kappa shape index (κ3) is 3.41. The Kier molecular flexibility index (Phi) is 3.43. The molecule has 0 bridgehead atoms. The Bertz CT molecular complexity index is 356. The van der Waals surface area contributed by atoms with E-state index in [1.807, 2.05) is 0 Å². The topological polar surface area (TPSA) is 92.4 Å². The summed E-state index contributed by atoms with van der Waals surface area (Å²) < 4.78 is 1.52. The van der Waals surface area contributed by atoms with Gasteiger partial charge in [0.25, 0.3) is 0 Å². The minimum atomic E-state index is -1.02. The van der Waals surface area contributed by atoms with Crippen LogP contribution in [0, 0.1) is 0 Å². The van der Waals surface area contributed by atoms with Crippen LogP contribution in [-0.4, -0.2) is 31.9 Å². The van der Waals surface area contributed by atoms with Crippen LogP contribution in [0.2, 0.25) is 0 Å². The summed E-state index contributed by atoms with van der Waals surface area (Å²) in [5.74, 6) is -2.61. The number of carboxylic acid groups (broad SMARTS) is 2. The normalized spacial score (nSPS) is 10.5. The maximum Gasteiger partial charge on any atom is 0.304 e. The van der Waals surface area contributed by atoms with E-state index < -0.39 is 17.9 Å². The lowest BCUT2D eigenvalue weighted by molar-refractivity contribution is -0.139. The zero-order valence-corrected chi connectivity index (χ0v) is 8.25. The third-order valence-corrected chi connectivity index (χ3v) is 1.99.